The van der Waals surface area contributed by atoms with Crippen molar-refractivity contribution < 1.29 is 0 Å². The molecule has 1 aliphatic rings. The minimum atomic E-state index is 0.490. The lowest BCUT2D eigenvalue weighted by Gasteiger charge is -2.14. The molecule has 3 heteroatoms. The van der Waals surface area contributed by atoms with Crippen molar-refractivity contribution in [1.82, 2.24) is 0 Å². The van der Waals surface area contributed by atoms with Crippen molar-refractivity contribution in [2.24, 2.45) is 0 Å². The highest BCUT2D eigenvalue weighted by atomic mass is 79.9. The second-order valence-electron chi connectivity index (χ2n) is 3.10. The molecule has 0 aliphatic carbocycles. The van der Waals surface area contributed by atoms with Crippen LogP contribution in [0.3, 0.4) is 0 Å². The molecule has 0 amide bonds. The number of benzene rings is 1. The van der Waals surface area contributed by atoms with Gasteiger partial charge < -0.3 is 4.90 Å². The van der Waals surface area contributed by atoms with Crippen LogP contribution >= 0.6 is 15.9 Å². The average Bonchev–Trinajstić information content (AvgIpc) is 2.49. The van der Waals surface area contributed by atoms with E-state index in [0.29, 0.717) is 6.54 Å². The fourth-order valence-electron chi connectivity index (χ4n) is 1.67. The zero-order chi connectivity index (χ0) is 9.26. The minimum absolute atomic E-state index is 0.490. The molecule has 0 aromatic heterocycles. The molecule has 0 fully saturated rings. The van der Waals surface area contributed by atoms with E-state index >= 15 is 0 Å². The number of anilines is 1. The maximum absolute atomic E-state index is 8.62. The maximum atomic E-state index is 8.62. The van der Waals surface area contributed by atoms with E-state index in [-0.39, 0.29) is 0 Å². The summed E-state index contributed by atoms with van der Waals surface area (Å²) in [6, 6.07) is 8.44. The van der Waals surface area contributed by atoms with E-state index in [0.717, 1.165) is 17.4 Å². The Balaban J connectivity index is 2.36. The van der Waals surface area contributed by atoms with E-state index in [1.807, 2.05) is 0 Å². The van der Waals surface area contributed by atoms with Crippen molar-refractivity contribution in [3.05, 3.63) is 28.2 Å². The van der Waals surface area contributed by atoms with E-state index in [4.69, 9.17) is 5.26 Å². The molecular formula is C10H9BrN2. The highest BCUT2D eigenvalue weighted by Crippen LogP contribution is 2.30. The van der Waals surface area contributed by atoms with Gasteiger partial charge in [0.2, 0.25) is 0 Å². The van der Waals surface area contributed by atoms with Gasteiger partial charge in [-0.1, -0.05) is 22.0 Å². The van der Waals surface area contributed by atoms with Crippen LogP contribution in [0.4, 0.5) is 5.69 Å². The topological polar surface area (TPSA) is 27.0 Å². The highest BCUT2D eigenvalue weighted by molar-refractivity contribution is 9.10. The summed E-state index contributed by atoms with van der Waals surface area (Å²) >= 11 is 3.43. The third-order valence-corrected chi connectivity index (χ3v) is 2.79. The normalized spacial score (nSPS) is 14.0. The molecule has 0 spiro atoms. The molecular weight excluding hydrogens is 228 g/mol. The average molecular weight is 237 g/mol. The summed E-state index contributed by atoms with van der Waals surface area (Å²) in [6.45, 7) is 1.46. The monoisotopic (exact) mass is 236 g/mol. The standard InChI is InChI=1S/C10H9BrN2/c11-9-2-1-8-3-5-13(6-4-12)10(8)7-9/h1-2,7H,3,5-6H2. The largest absolute Gasteiger partial charge is 0.358 e. The van der Waals surface area contributed by atoms with E-state index in [1.54, 1.807) is 0 Å². The quantitative estimate of drug-likeness (QED) is 0.701. The highest BCUT2D eigenvalue weighted by Gasteiger charge is 2.18. The molecule has 2 nitrogen and oxygen atoms in total. The van der Waals surface area contributed by atoms with Gasteiger partial charge in [0.25, 0.3) is 0 Å². The zero-order valence-electron chi connectivity index (χ0n) is 7.13. The molecule has 1 aromatic carbocycles. The van der Waals surface area contributed by atoms with E-state index < -0.39 is 0 Å². The zero-order valence-corrected chi connectivity index (χ0v) is 8.71. The van der Waals surface area contributed by atoms with E-state index in [1.165, 1.54) is 11.3 Å². The van der Waals surface area contributed by atoms with Crippen LogP contribution in [0.2, 0.25) is 0 Å². The Bertz CT molecular complexity index is 368. The van der Waals surface area contributed by atoms with Crippen LogP contribution in [0.1, 0.15) is 5.56 Å². The van der Waals surface area contributed by atoms with Gasteiger partial charge in [-0.2, -0.15) is 5.26 Å². The van der Waals surface area contributed by atoms with Crippen LogP contribution in [0.5, 0.6) is 0 Å². The molecule has 0 atom stereocenters. The van der Waals surface area contributed by atoms with E-state index in [2.05, 4.69) is 45.1 Å². The number of halogens is 1. The Morgan fingerprint density at radius 2 is 2.38 bits per heavy atom. The predicted molar refractivity (Wildman–Crippen MR) is 55.7 cm³/mol. The maximum Gasteiger partial charge on any atom is 0.105 e. The Kier molecular flexibility index (Phi) is 2.24. The molecule has 1 aliphatic heterocycles. The SMILES string of the molecule is N#CCN1CCc2ccc(Br)cc21. The Morgan fingerprint density at radius 3 is 3.15 bits per heavy atom. The second-order valence-corrected chi connectivity index (χ2v) is 4.02. The van der Waals surface area contributed by atoms with Crippen LogP contribution in [-0.4, -0.2) is 13.1 Å². The Hall–Kier alpha value is -1.01. The smallest absolute Gasteiger partial charge is 0.105 e. The van der Waals surface area contributed by atoms with Crippen LogP contribution in [0.15, 0.2) is 22.7 Å². The lowest BCUT2D eigenvalue weighted by molar-refractivity contribution is 0.908. The molecule has 0 bridgehead atoms. The molecule has 66 valence electrons. The second kappa shape index (κ2) is 3.39. The van der Waals surface area contributed by atoms with Gasteiger partial charge in [0.15, 0.2) is 0 Å². The number of hydrogen-bond acceptors (Lipinski definition) is 2. The summed E-state index contributed by atoms with van der Waals surface area (Å²) in [5.74, 6) is 0. The molecule has 0 unspecified atom stereocenters. The lowest BCUT2D eigenvalue weighted by atomic mass is 10.2. The van der Waals surface area contributed by atoms with Gasteiger partial charge in [0.05, 0.1) is 6.07 Å². The third kappa shape index (κ3) is 1.54. The van der Waals surface area contributed by atoms with Gasteiger partial charge >= 0.3 is 0 Å². The van der Waals surface area contributed by atoms with Crippen molar-refractivity contribution in [3.63, 3.8) is 0 Å². The van der Waals surface area contributed by atoms with E-state index in [9.17, 15) is 0 Å². The van der Waals surface area contributed by atoms with Gasteiger partial charge in [-0.25, -0.2) is 0 Å². The fraction of sp³-hybridized carbons (Fsp3) is 0.300. The number of nitriles is 1. The molecule has 0 saturated heterocycles. The summed E-state index contributed by atoms with van der Waals surface area (Å²) in [7, 11) is 0. The van der Waals surface area contributed by atoms with Crippen LogP contribution < -0.4 is 4.90 Å². The van der Waals surface area contributed by atoms with Gasteiger partial charge in [0.1, 0.15) is 6.54 Å². The number of hydrogen-bond donors (Lipinski definition) is 0. The molecule has 2 rings (SSSR count). The molecule has 0 radical (unpaired) electrons. The van der Waals surface area contributed by atoms with Crippen molar-refractivity contribution in [2.75, 3.05) is 18.0 Å². The van der Waals surface area contributed by atoms with Crippen LogP contribution in [-0.2, 0) is 6.42 Å². The molecule has 1 heterocycles. The van der Waals surface area contributed by atoms with Gasteiger partial charge in [-0.3, -0.25) is 0 Å². The summed E-state index contributed by atoms with van der Waals surface area (Å²) < 4.78 is 1.08. The molecule has 13 heavy (non-hydrogen) atoms. The van der Waals surface area contributed by atoms with Crippen molar-refractivity contribution in [1.29, 1.82) is 5.26 Å². The summed E-state index contributed by atoms with van der Waals surface area (Å²) in [6.07, 6.45) is 1.06. The van der Waals surface area contributed by atoms with Gasteiger partial charge in [-0.15, -0.1) is 0 Å². The number of nitrogens with zero attached hydrogens (tertiary/aromatic N) is 2. The number of rotatable bonds is 1. The number of fused-ring (bicyclic) bond motifs is 1. The summed E-state index contributed by atoms with van der Waals surface area (Å²) in [5.41, 5.74) is 2.55. The lowest BCUT2D eigenvalue weighted by Crippen LogP contribution is -2.20. The first kappa shape index (κ1) is 8.58. The third-order valence-electron chi connectivity index (χ3n) is 2.30. The summed E-state index contributed by atoms with van der Waals surface area (Å²) in [5, 5.41) is 8.62. The molecule has 0 saturated carbocycles. The van der Waals surface area contributed by atoms with Crippen molar-refractivity contribution in [3.8, 4) is 6.07 Å². The molecule has 0 N–H and O–H groups in total. The van der Waals surface area contributed by atoms with Gasteiger partial charge in [0, 0.05) is 16.7 Å². The van der Waals surface area contributed by atoms with Crippen LogP contribution in [0.25, 0.3) is 0 Å². The minimum Gasteiger partial charge on any atom is -0.358 e. The predicted octanol–water partition coefficient (Wildman–Crippen LogP) is 2.34. The van der Waals surface area contributed by atoms with Gasteiger partial charge in [-0.05, 0) is 24.1 Å². The first-order valence-corrected chi connectivity index (χ1v) is 5.01. The summed E-state index contributed by atoms with van der Waals surface area (Å²) in [4.78, 5) is 2.11. The first-order chi connectivity index (χ1) is 6.31. The first-order valence-electron chi connectivity index (χ1n) is 4.21. The van der Waals surface area contributed by atoms with Crippen molar-refractivity contribution in [2.45, 2.75) is 6.42 Å². The van der Waals surface area contributed by atoms with Crippen LogP contribution in [0, 0.1) is 11.3 Å². The Labute approximate surface area is 85.9 Å². The van der Waals surface area contributed by atoms with Crippen molar-refractivity contribution >= 4 is 21.6 Å². The Morgan fingerprint density at radius 1 is 1.54 bits per heavy atom. The fourth-order valence-corrected chi connectivity index (χ4v) is 2.02. The molecule has 1 aromatic rings.